The first-order chi connectivity index (χ1) is 10.7. The average molecular weight is 309 g/mol. The third-order valence-corrected chi connectivity index (χ3v) is 4.50. The molecule has 22 heavy (non-hydrogen) atoms. The number of hydrogen-bond acceptors (Lipinski definition) is 3. The zero-order valence-corrected chi connectivity index (χ0v) is 12.7. The van der Waals surface area contributed by atoms with Gasteiger partial charge in [0.05, 0.1) is 12.1 Å². The van der Waals surface area contributed by atoms with Crippen molar-refractivity contribution in [2.24, 2.45) is 0 Å². The van der Waals surface area contributed by atoms with Crippen LogP contribution < -0.4 is 0 Å². The monoisotopic (exact) mass is 309 g/mol. The summed E-state index contributed by atoms with van der Waals surface area (Å²) in [5, 5.41) is 9.87. The summed E-state index contributed by atoms with van der Waals surface area (Å²) in [6.07, 6.45) is 0.625. The van der Waals surface area contributed by atoms with E-state index < -0.39 is 5.97 Å². The second-order valence-electron chi connectivity index (χ2n) is 4.92. The van der Waals surface area contributed by atoms with Crippen LogP contribution in [0.1, 0.15) is 11.3 Å². The van der Waals surface area contributed by atoms with Gasteiger partial charge in [-0.05, 0) is 6.42 Å². The van der Waals surface area contributed by atoms with Crippen LogP contribution in [0.15, 0.2) is 60.7 Å². The van der Waals surface area contributed by atoms with E-state index in [0.29, 0.717) is 6.42 Å². The van der Waals surface area contributed by atoms with Gasteiger partial charge < -0.3 is 5.11 Å². The van der Waals surface area contributed by atoms with Crippen molar-refractivity contribution in [2.45, 2.75) is 12.8 Å². The molecule has 3 nitrogen and oxygen atoms in total. The van der Waals surface area contributed by atoms with E-state index in [1.807, 2.05) is 60.7 Å². The lowest BCUT2D eigenvalue weighted by atomic mass is 10.1. The lowest BCUT2D eigenvalue weighted by Crippen LogP contribution is -1.97. The van der Waals surface area contributed by atoms with E-state index >= 15 is 0 Å². The maximum absolute atomic E-state index is 10.9. The quantitative estimate of drug-likeness (QED) is 0.755. The number of rotatable bonds is 5. The van der Waals surface area contributed by atoms with Gasteiger partial charge in [-0.25, -0.2) is 4.98 Å². The number of aryl methyl sites for hydroxylation is 1. The lowest BCUT2D eigenvalue weighted by Gasteiger charge is -2.00. The summed E-state index contributed by atoms with van der Waals surface area (Å²) < 4.78 is 0. The van der Waals surface area contributed by atoms with Gasteiger partial charge in [-0.1, -0.05) is 60.7 Å². The predicted molar refractivity (Wildman–Crippen MR) is 88.9 cm³/mol. The number of hydrogen-bond donors (Lipinski definition) is 1. The first-order valence-electron chi connectivity index (χ1n) is 7.06. The molecule has 3 rings (SSSR count). The highest BCUT2D eigenvalue weighted by Crippen LogP contribution is 2.34. The Kier molecular flexibility index (Phi) is 4.30. The second-order valence-corrected chi connectivity index (χ2v) is 6.00. The molecular formula is C18H15NO2S. The molecular weight excluding hydrogens is 294 g/mol. The molecule has 0 aliphatic rings. The van der Waals surface area contributed by atoms with Crippen molar-refractivity contribution in [1.29, 1.82) is 0 Å². The third-order valence-electron chi connectivity index (χ3n) is 3.33. The molecule has 0 aliphatic heterocycles. The summed E-state index contributed by atoms with van der Waals surface area (Å²) in [6, 6.07) is 19.9. The van der Waals surface area contributed by atoms with E-state index in [1.54, 1.807) is 11.3 Å². The normalized spacial score (nSPS) is 10.5. The molecule has 3 aromatic rings. The molecule has 0 fully saturated rings. The van der Waals surface area contributed by atoms with Crippen LogP contribution in [0.2, 0.25) is 0 Å². The summed E-state index contributed by atoms with van der Waals surface area (Å²) in [6.45, 7) is 0. The SMILES string of the molecule is O=C(O)CCc1sc(-c2ccccc2)nc1-c1ccccc1. The Morgan fingerprint density at radius 1 is 0.955 bits per heavy atom. The molecule has 1 heterocycles. The van der Waals surface area contributed by atoms with Crippen molar-refractivity contribution >= 4 is 17.3 Å². The minimum Gasteiger partial charge on any atom is -0.481 e. The highest BCUT2D eigenvalue weighted by molar-refractivity contribution is 7.15. The minimum atomic E-state index is -0.784. The lowest BCUT2D eigenvalue weighted by molar-refractivity contribution is -0.136. The Hall–Kier alpha value is -2.46. The zero-order valence-electron chi connectivity index (χ0n) is 11.9. The minimum absolute atomic E-state index is 0.121. The fourth-order valence-corrected chi connectivity index (χ4v) is 3.36. The Balaban J connectivity index is 2.03. The number of carboxylic acid groups (broad SMARTS) is 1. The number of aromatic nitrogens is 1. The van der Waals surface area contributed by atoms with E-state index in [2.05, 4.69) is 0 Å². The van der Waals surface area contributed by atoms with Gasteiger partial charge in [-0.15, -0.1) is 11.3 Å². The first kappa shape index (κ1) is 14.5. The van der Waals surface area contributed by atoms with E-state index in [4.69, 9.17) is 10.1 Å². The molecule has 1 aromatic heterocycles. The largest absolute Gasteiger partial charge is 0.481 e. The van der Waals surface area contributed by atoms with E-state index in [-0.39, 0.29) is 6.42 Å². The number of nitrogens with zero attached hydrogens (tertiary/aromatic N) is 1. The molecule has 0 radical (unpaired) electrons. The van der Waals surface area contributed by atoms with Gasteiger partial charge in [0.2, 0.25) is 0 Å². The van der Waals surface area contributed by atoms with Crippen LogP contribution >= 0.6 is 11.3 Å². The van der Waals surface area contributed by atoms with Crippen LogP contribution in [0.4, 0.5) is 0 Å². The van der Waals surface area contributed by atoms with Crippen LogP contribution in [0.5, 0.6) is 0 Å². The Morgan fingerprint density at radius 3 is 2.14 bits per heavy atom. The fourth-order valence-electron chi connectivity index (χ4n) is 2.27. The van der Waals surface area contributed by atoms with Crippen LogP contribution in [-0.2, 0) is 11.2 Å². The topological polar surface area (TPSA) is 50.2 Å². The number of benzene rings is 2. The average Bonchev–Trinajstić information content (AvgIpc) is 2.99. The summed E-state index contributed by atoms with van der Waals surface area (Å²) in [7, 11) is 0. The summed E-state index contributed by atoms with van der Waals surface area (Å²) in [5.74, 6) is -0.784. The van der Waals surface area contributed by atoms with E-state index in [1.165, 1.54) is 0 Å². The molecule has 0 saturated heterocycles. The van der Waals surface area contributed by atoms with Gasteiger partial charge in [-0.2, -0.15) is 0 Å². The summed E-state index contributed by atoms with van der Waals surface area (Å²) >= 11 is 1.57. The number of aliphatic carboxylic acids is 1. The van der Waals surface area contributed by atoms with Crippen molar-refractivity contribution in [1.82, 2.24) is 4.98 Å². The molecule has 0 bridgehead atoms. The van der Waals surface area contributed by atoms with E-state index in [0.717, 1.165) is 26.7 Å². The third kappa shape index (κ3) is 3.23. The van der Waals surface area contributed by atoms with Gasteiger partial charge >= 0.3 is 5.97 Å². The fraction of sp³-hybridized carbons (Fsp3) is 0.111. The molecule has 0 aliphatic carbocycles. The molecule has 0 amide bonds. The van der Waals surface area contributed by atoms with Gasteiger partial charge in [0.1, 0.15) is 5.01 Å². The standard InChI is InChI=1S/C18H15NO2S/c20-16(21)12-11-15-17(13-7-3-1-4-8-13)19-18(22-15)14-9-5-2-6-10-14/h1-10H,11-12H2,(H,20,21). The molecule has 2 aromatic carbocycles. The number of carbonyl (C=O) groups is 1. The molecule has 110 valence electrons. The van der Waals surface area contributed by atoms with Crippen molar-refractivity contribution in [3.63, 3.8) is 0 Å². The van der Waals surface area contributed by atoms with Gasteiger partial charge in [0.15, 0.2) is 0 Å². The number of thiazole rings is 1. The molecule has 1 N–H and O–H groups in total. The van der Waals surface area contributed by atoms with E-state index in [9.17, 15) is 4.79 Å². The summed E-state index contributed by atoms with van der Waals surface area (Å²) in [4.78, 5) is 16.7. The maximum atomic E-state index is 10.9. The molecule has 4 heteroatoms. The molecule has 0 spiro atoms. The first-order valence-corrected chi connectivity index (χ1v) is 7.88. The van der Waals surface area contributed by atoms with Crippen LogP contribution in [0, 0.1) is 0 Å². The Bertz CT molecular complexity index is 766. The van der Waals surface area contributed by atoms with Crippen molar-refractivity contribution in [2.75, 3.05) is 0 Å². The highest BCUT2D eigenvalue weighted by atomic mass is 32.1. The van der Waals surface area contributed by atoms with Gasteiger partial charge in [-0.3, -0.25) is 4.79 Å². The summed E-state index contributed by atoms with van der Waals surface area (Å²) in [5.41, 5.74) is 2.98. The van der Waals surface area contributed by atoms with Gasteiger partial charge in [0.25, 0.3) is 0 Å². The maximum Gasteiger partial charge on any atom is 0.303 e. The zero-order chi connectivity index (χ0) is 15.4. The Labute approximate surface area is 132 Å². The van der Waals surface area contributed by atoms with Crippen molar-refractivity contribution in [3.05, 3.63) is 65.5 Å². The van der Waals surface area contributed by atoms with Crippen LogP contribution in [0.25, 0.3) is 21.8 Å². The molecule has 0 unspecified atom stereocenters. The van der Waals surface area contributed by atoms with Crippen LogP contribution in [0.3, 0.4) is 0 Å². The predicted octanol–water partition coefficient (Wildman–Crippen LogP) is 4.49. The molecule has 0 saturated carbocycles. The Morgan fingerprint density at radius 2 is 1.55 bits per heavy atom. The van der Waals surface area contributed by atoms with Crippen molar-refractivity contribution < 1.29 is 9.90 Å². The van der Waals surface area contributed by atoms with Crippen LogP contribution in [-0.4, -0.2) is 16.1 Å². The smallest absolute Gasteiger partial charge is 0.303 e. The second kappa shape index (κ2) is 6.54. The molecule has 0 atom stereocenters. The highest BCUT2D eigenvalue weighted by Gasteiger charge is 2.15. The number of carboxylic acids is 1. The van der Waals surface area contributed by atoms with Gasteiger partial charge in [0, 0.05) is 16.0 Å². The van der Waals surface area contributed by atoms with Crippen molar-refractivity contribution in [3.8, 4) is 21.8 Å².